The maximum absolute atomic E-state index is 4.60. The minimum absolute atomic E-state index is 0.428. The van der Waals surface area contributed by atoms with Gasteiger partial charge in [0.1, 0.15) is 0 Å². The molecule has 0 saturated heterocycles. The van der Waals surface area contributed by atoms with Crippen molar-refractivity contribution in [2.45, 2.75) is 19.9 Å². The van der Waals surface area contributed by atoms with E-state index in [-0.39, 0.29) is 0 Å². The number of nitrogens with one attached hydrogen (secondary N) is 1. The van der Waals surface area contributed by atoms with Crippen molar-refractivity contribution in [1.29, 1.82) is 0 Å². The lowest BCUT2D eigenvalue weighted by molar-refractivity contribution is 0.900. The molecule has 2 aromatic carbocycles. The molecule has 0 aliphatic heterocycles. The Morgan fingerprint density at radius 2 is 1.70 bits per heavy atom. The Bertz CT molecular complexity index is 718. The number of hydrogen-bond donors (Lipinski definition) is 1. The fourth-order valence-corrected chi connectivity index (χ4v) is 2.16. The van der Waals surface area contributed by atoms with E-state index in [1.807, 2.05) is 30.5 Å². The van der Waals surface area contributed by atoms with Crippen molar-refractivity contribution >= 4 is 16.6 Å². The van der Waals surface area contributed by atoms with Crippen molar-refractivity contribution < 1.29 is 0 Å². The molecule has 0 spiro atoms. The van der Waals surface area contributed by atoms with Crippen molar-refractivity contribution in [2.24, 2.45) is 0 Å². The molecule has 0 fully saturated rings. The fourth-order valence-electron chi connectivity index (χ4n) is 2.16. The van der Waals surface area contributed by atoms with Gasteiger partial charge in [-0.2, -0.15) is 0 Å². The van der Waals surface area contributed by atoms with Gasteiger partial charge >= 0.3 is 0 Å². The Balaban J connectivity index is 1.94. The van der Waals surface area contributed by atoms with Gasteiger partial charge in [-0.1, -0.05) is 18.2 Å². The predicted octanol–water partition coefficient (Wildman–Crippen LogP) is 4.12. The summed E-state index contributed by atoms with van der Waals surface area (Å²) in [6.45, 7) is 4.25. The highest BCUT2D eigenvalue weighted by Crippen LogP contribution is 2.20. The lowest BCUT2D eigenvalue weighted by Gasteiger charge is -2.10. The molecule has 0 amide bonds. The van der Waals surface area contributed by atoms with E-state index in [1.165, 1.54) is 0 Å². The Labute approximate surface area is 118 Å². The molecular formula is C17H17N3. The van der Waals surface area contributed by atoms with Crippen LogP contribution in [-0.4, -0.2) is 16.0 Å². The number of hydrogen-bond acceptors (Lipinski definition) is 3. The number of fused-ring (bicyclic) bond motifs is 1. The van der Waals surface area contributed by atoms with E-state index in [0.717, 1.165) is 28.0 Å². The summed E-state index contributed by atoms with van der Waals surface area (Å²) in [5.41, 5.74) is 3.12. The molecule has 3 rings (SSSR count). The van der Waals surface area contributed by atoms with E-state index >= 15 is 0 Å². The van der Waals surface area contributed by atoms with Gasteiger partial charge in [-0.15, -0.1) is 0 Å². The van der Waals surface area contributed by atoms with Gasteiger partial charge in [-0.25, -0.2) is 9.97 Å². The zero-order valence-corrected chi connectivity index (χ0v) is 11.7. The molecule has 3 heteroatoms. The highest BCUT2D eigenvalue weighted by Gasteiger charge is 2.03. The van der Waals surface area contributed by atoms with Crippen molar-refractivity contribution in [3.05, 3.63) is 54.7 Å². The third-order valence-electron chi connectivity index (χ3n) is 3.09. The first-order valence-electron chi connectivity index (χ1n) is 6.81. The Morgan fingerprint density at radius 1 is 0.950 bits per heavy atom. The molecular weight excluding hydrogens is 246 g/mol. The molecule has 0 bridgehead atoms. The molecule has 0 saturated carbocycles. The van der Waals surface area contributed by atoms with Crippen molar-refractivity contribution in [3.8, 4) is 11.4 Å². The highest BCUT2D eigenvalue weighted by molar-refractivity contribution is 5.79. The largest absolute Gasteiger partial charge is 0.383 e. The maximum atomic E-state index is 4.60. The van der Waals surface area contributed by atoms with Crippen LogP contribution in [0.1, 0.15) is 13.8 Å². The quantitative estimate of drug-likeness (QED) is 0.772. The second kappa shape index (κ2) is 5.29. The van der Waals surface area contributed by atoms with Crippen LogP contribution in [0.3, 0.4) is 0 Å². The van der Waals surface area contributed by atoms with Gasteiger partial charge in [-0.05, 0) is 44.2 Å². The van der Waals surface area contributed by atoms with Crippen LogP contribution >= 0.6 is 0 Å². The van der Waals surface area contributed by atoms with Gasteiger partial charge in [0.2, 0.25) is 0 Å². The standard InChI is InChI=1S/C17H17N3/c1-12(2)19-15-9-7-13(8-10-15)17-18-11-14-5-3-4-6-16(14)20-17/h3-12,19H,1-2H3. The van der Waals surface area contributed by atoms with Crippen LogP contribution in [0.2, 0.25) is 0 Å². The first-order valence-corrected chi connectivity index (χ1v) is 6.81. The Hall–Kier alpha value is -2.42. The first kappa shape index (κ1) is 12.6. The number of rotatable bonds is 3. The van der Waals surface area contributed by atoms with Crippen LogP contribution in [0.25, 0.3) is 22.3 Å². The summed E-state index contributed by atoms with van der Waals surface area (Å²) in [6, 6.07) is 16.7. The van der Waals surface area contributed by atoms with Crippen LogP contribution in [0.4, 0.5) is 5.69 Å². The van der Waals surface area contributed by atoms with Gasteiger partial charge in [0.25, 0.3) is 0 Å². The van der Waals surface area contributed by atoms with Crippen LogP contribution in [0.5, 0.6) is 0 Å². The topological polar surface area (TPSA) is 37.8 Å². The SMILES string of the molecule is CC(C)Nc1ccc(-c2ncc3ccccc3n2)cc1. The number of benzene rings is 2. The summed E-state index contributed by atoms with van der Waals surface area (Å²) in [5.74, 6) is 0.764. The number of aromatic nitrogens is 2. The first-order chi connectivity index (χ1) is 9.72. The van der Waals surface area contributed by atoms with Gasteiger partial charge in [-0.3, -0.25) is 0 Å². The van der Waals surface area contributed by atoms with Gasteiger partial charge < -0.3 is 5.32 Å². The van der Waals surface area contributed by atoms with E-state index in [2.05, 4.69) is 53.4 Å². The average molecular weight is 263 g/mol. The van der Waals surface area contributed by atoms with Crippen LogP contribution < -0.4 is 5.32 Å². The monoisotopic (exact) mass is 263 g/mol. The third kappa shape index (κ3) is 2.62. The summed E-state index contributed by atoms with van der Waals surface area (Å²) in [7, 11) is 0. The number of para-hydroxylation sites is 1. The number of nitrogens with zero attached hydrogens (tertiary/aromatic N) is 2. The lowest BCUT2D eigenvalue weighted by Crippen LogP contribution is -2.09. The van der Waals surface area contributed by atoms with E-state index in [9.17, 15) is 0 Å². The van der Waals surface area contributed by atoms with Crippen LogP contribution in [0, 0.1) is 0 Å². The second-order valence-corrected chi connectivity index (χ2v) is 5.13. The van der Waals surface area contributed by atoms with E-state index in [1.54, 1.807) is 0 Å². The summed E-state index contributed by atoms with van der Waals surface area (Å²) in [4.78, 5) is 9.04. The summed E-state index contributed by atoms with van der Waals surface area (Å²) < 4.78 is 0. The van der Waals surface area contributed by atoms with Crippen molar-refractivity contribution in [1.82, 2.24) is 9.97 Å². The highest BCUT2D eigenvalue weighted by atomic mass is 14.9. The molecule has 100 valence electrons. The van der Waals surface area contributed by atoms with Crippen LogP contribution in [-0.2, 0) is 0 Å². The molecule has 3 aromatic rings. The van der Waals surface area contributed by atoms with E-state index < -0.39 is 0 Å². The Morgan fingerprint density at radius 3 is 2.45 bits per heavy atom. The third-order valence-corrected chi connectivity index (χ3v) is 3.09. The summed E-state index contributed by atoms with van der Waals surface area (Å²) >= 11 is 0. The van der Waals surface area contributed by atoms with Gasteiger partial charge in [0, 0.05) is 28.9 Å². The minimum Gasteiger partial charge on any atom is -0.383 e. The van der Waals surface area contributed by atoms with Crippen molar-refractivity contribution in [2.75, 3.05) is 5.32 Å². The van der Waals surface area contributed by atoms with E-state index in [0.29, 0.717) is 6.04 Å². The molecule has 0 unspecified atom stereocenters. The van der Waals surface area contributed by atoms with Gasteiger partial charge in [0.05, 0.1) is 5.52 Å². The fraction of sp³-hybridized carbons (Fsp3) is 0.176. The van der Waals surface area contributed by atoms with Gasteiger partial charge in [0.15, 0.2) is 5.82 Å². The van der Waals surface area contributed by atoms with E-state index in [4.69, 9.17) is 0 Å². The number of anilines is 1. The maximum Gasteiger partial charge on any atom is 0.159 e. The lowest BCUT2D eigenvalue weighted by atomic mass is 10.1. The predicted molar refractivity (Wildman–Crippen MR) is 83.7 cm³/mol. The molecule has 1 N–H and O–H groups in total. The minimum atomic E-state index is 0.428. The zero-order valence-electron chi connectivity index (χ0n) is 11.7. The average Bonchev–Trinajstić information content (AvgIpc) is 2.47. The summed E-state index contributed by atoms with van der Waals surface area (Å²) in [5, 5.41) is 4.44. The van der Waals surface area contributed by atoms with Crippen molar-refractivity contribution in [3.63, 3.8) is 0 Å². The smallest absolute Gasteiger partial charge is 0.159 e. The molecule has 1 aromatic heterocycles. The zero-order chi connectivity index (χ0) is 13.9. The normalized spacial score (nSPS) is 10.9. The summed E-state index contributed by atoms with van der Waals surface area (Å²) in [6.07, 6.45) is 1.87. The molecule has 0 radical (unpaired) electrons. The molecule has 0 aliphatic rings. The molecule has 20 heavy (non-hydrogen) atoms. The molecule has 0 aliphatic carbocycles. The second-order valence-electron chi connectivity index (χ2n) is 5.13. The molecule has 1 heterocycles. The molecule has 3 nitrogen and oxygen atoms in total. The molecule has 0 atom stereocenters. The van der Waals surface area contributed by atoms with Crippen LogP contribution in [0.15, 0.2) is 54.7 Å². The Kier molecular flexibility index (Phi) is 3.33.